The van der Waals surface area contributed by atoms with Gasteiger partial charge in [0.15, 0.2) is 0 Å². The largest absolute Gasteiger partial charge is 0.496 e. The smallest absolute Gasteiger partial charge is 0.250 e. The molecule has 3 rings (SSSR count). The molecule has 0 fully saturated rings. The maximum atomic E-state index is 12.5. The van der Waals surface area contributed by atoms with Gasteiger partial charge in [-0.2, -0.15) is 0 Å². The summed E-state index contributed by atoms with van der Waals surface area (Å²) in [5.74, 6) is 0.794. The molecule has 0 N–H and O–H groups in total. The lowest BCUT2D eigenvalue weighted by Crippen LogP contribution is -2.34. The lowest BCUT2D eigenvalue weighted by atomic mass is 10.0. The zero-order chi connectivity index (χ0) is 16.2. The van der Waals surface area contributed by atoms with Crippen LogP contribution in [0.25, 0.3) is 6.08 Å². The predicted molar refractivity (Wildman–Crippen MR) is 96.8 cm³/mol. The van der Waals surface area contributed by atoms with Crippen LogP contribution in [-0.2, 0) is 11.2 Å². The van der Waals surface area contributed by atoms with Gasteiger partial charge in [-0.15, -0.1) is 0 Å². The highest BCUT2D eigenvalue weighted by atomic mass is 79.9. The Morgan fingerprint density at radius 2 is 2.09 bits per heavy atom. The number of ether oxygens (including phenoxy) is 1. The number of methoxy groups -OCH3 is 1. The molecule has 0 aliphatic carbocycles. The van der Waals surface area contributed by atoms with Crippen LogP contribution in [-0.4, -0.2) is 19.6 Å². The number of carbonyl (C=O) groups excluding carboxylic acids is 1. The number of anilines is 1. The highest BCUT2D eigenvalue weighted by Gasteiger charge is 2.20. The first-order valence-electron chi connectivity index (χ1n) is 7.60. The van der Waals surface area contributed by atoms with Crippen LogP contribution in [0.5, 0.6) is 5.75 Å². The summed E-state index contributed by atoms with van der Waals surface area (Å²) in [5, 5.41) is 0. The molecule has 2 aromatic rings. The molecule has 118 valence electrons. The first-order chi connectivity index (χ1) is 11.2. The molecule has 4 heteroatoms. The molecule has 1 aliphatic rings. The van der Waals surface area contributed by atoms with Crippen molar-refractivity contribution in [3.63, 3.8) is 0 Å². The minimum absolute atomic E-state index is 0.0177. The summed E-state index contributed by atoms with van der Waals surface area (Å²) in [6, 6.07) is 13.9. The van der Waals surface area contributed by atoms with E-state index in [1.807, 2.05) is 47.4 Å². The summed E-state index contributed by atoms with van der Waals surface area (Å²) in [7, 11) is 1.63. The molecule has 3 nitrogen and oxygen atoms in total. The molecule has 0 saturated carbocycles. The van der Waals surface area contributed by atoms with Gasteiger partial charge in [0.1, 0.15) is 5.75 Å². The van der Waals surface area contributed by atoms with E-state index in [1.165, 1.54) is 5.56 Å². The van der Waals surface area contributed by atoms with E-state index in [1.54, 1.807) is 13.2 Å². The van der Waals surface area contributed by atoms with Crippen molar-refractivity contribution in [2.75, 3.05) is 18.6 Å². The number of amides is 1. The summed E-state index contributed by atoms with van der Waals surface area (Å²) in [6.07, 6.45) is 5.51. The van der Waals surface area contributed by atoms with Gasteiger partial charge in [-0.05, 0) is 64.2 Å². The molecule has 0 saturated heterocycles. The molecule has 0 spiro atoms. The third kappa shape index (κ3) is 3.48. The van der Waals surface area contributed by atoms with Crippen LogP contribution < -0.4 is 9.64 Å². The van der Waals surface area contributed by atoms with Crippen molar-refractivity contribution < 1.29 is 9.53 Å². The van der Waals surface area contributed by atoms with Crippen LogP contribution in [0.1, 0.15) is 17.5 Å². The van der Waals surface area contributed by atoms with E-state index in [0.29, 0.717) is 0 Å². The van der Waals surface area contributed by atoms with Crippen molar-refractivity contribution in [2.45, 2.75) is 12.8 Å². The molecule has 1 aliphatic heterocycles. The average Bonchev–Trinajstić information content (AvgIpc) is 2.59. The highest BCUT2D eigenvalue weighted by Crippen LogP contribution is 2.28. The van der Waals surface area contributed by atoms with Crippen LogP contribution in [0.2, 0.25) is 0 Å². The Balaban J connectivity index is 1.78. The monoisotopic (exact) mass is 371 g/mol. The zero-order valence-corrected chi connectivity index (χ0v) is 14.5. The van der Waals surface area contributed by atoms with E-state index in [9.17, 15) is 4.79 Å². The van der Waals surface area contributed by atoms with E-state index in [4.69, 9.17) is 4.74 Å². The maximum absolute atomic E-state index is 12.5. The summed E-state index contributed by atoms with van der Waals surface area (Å²) in [6.45, 7) is 0.770. The first kappa shape index (κ1) is 15.8. The Labute approximate surface area is 144 Å². The SMILES string of the molecule is COc1ccc(/C=C/C(=O)N2CCCc3ccccc32)cc1Br. The number of rotatable bonds is 3. The van der Waals surface area contributed by atoms with Gasteiger partial charge in [-0.25, -0.2) is 0 Å². The molecular formula is C19H18BrNO2. The predicted octanol–water partition coefficient (Wildman–Crippen LogP) is 4.45. The van der Waals surface area contributed by atoms with Crippen molar-refractivity contribution >= 4 is 33.6 Å². The number of aryl methyl sites for hydroxylation is 1. The maximum Gasteiger partial charge on any atom is 0.250 e. The van der Waals surface area contributed by atoms with Gasteiger partial charge in [0, 0.05) is 18.3 Å². The van der Waals surface area contributed by atoms with Crippen molar-refractivity contribution in [3.05, 3.63) is 64.1 Å². The molecule has 0 radical (unpaired) electrons. The van der Waals surface area contributed by atoms with Crippen LogP contribution in [0.3, 0.4) is 0 Å². The Morgan fingerprint density at radius 1 is 1.26 bits per heavy atom. The Bertz CT molecular complexity index is 755. The van der Waals surface area contributed by atoms with E-state index in [0.717, 1.165) is 40.9 Å². The second-order valence-electron chi connectivity index (χ2n) is 5.45. The summed E-state index contributed by atoms with van der Waals surface area (Å²) in [4.78, 5) is 14.4. The zero-order valence-electron chi connectivity index (χ0n) is 13.0. The average molecular weight is 372 g/mol. The lowest BCUT2D eigenvalue weighted by Gasteiger charge is -2.28. The van der Waals surface area contributed by atoms with Crippen molar-refractivity contribution in [1.82, 2.24) is 0 Å². The number of para-hydroxylation sites is 1. The van der Waals surface area contributed by atoms with Crippen LogP contribution in [0.4, 0.5) is 5.69 Å². The van der Waals surface area contributed by atoms with E-state index >= 15 is 0 Å². The van der Waals surface area contributed by atoms with Crippen LogP contribution in [0.15, 0.2) is 53.0 Å². The van der Waals surface area contributed by atoms with Crippen molar-refractivity contribution in [3.8, 4) is 5.75 Å². The number of carbonyl (C=O) groups is 1. The number of nitrogens with zero attached hydrogens (tertiary/aromatic N) is 1. The molecule has 0 unspecified atom stereocenters. The third-order valence-corrected chi connectivity index (χ3v) is 4.59. The summed E-state index contributed by atoms with van der Waals surface area (Å²) < 4.78 is 6.09. The highest BCUT2D eigenvalue weighted by molar-refractivity contribution is 9.10. The topological polar surface area (TPSA) is 29.5 Å². The van der Waals surface area contributed by atoms with E-state index < -0.39 is 0 Å². The van der Waals surface area contributed by atoms with Crippen molar-refractivity contribution in [1.29, 1.82) is 0 Å². The molecule has 2 aromatic carbocycles. The molecule has 23 heavy (non-hydrogen) atoms. The number of hydrogen-bond donors (Lipinski definition) is 0. The van der Waals surface area contributed by atoms with Gasteiger partial charge in [0.05, 0.1) is 11.6 Å². The standard InChI is InChI=1S/C19H18BrNO2/c1-23-18-10-8-14(13-16(18)20)9-11-19(22)21-12-4-6-15-5-2-3-7-17(15)21/h2-3,5,7-11,13H,4,6,12H2,1H3/b11-9+. The second kappa shape index (κ2) is 7.01. The van der Waals surface area contributed by atoms with Crippen LogP contribution in [0, 0.1) is 0 Å². The number of hydrogen-bond acceptors (Lipinski definition) is 2. The molecule has 1 amide bonds. The fourth-order valence-corrected chi connectivity index (χ4v) is 3.36. The minimum atomic E-state index is 0.0177. The summed E-state index contributed by atoms with van der Waals surface area (Å²) >= 11 is 3.46. The lowest BCUT2D eigenvalue weighted by molar-refractivity contribution is -0.114. The molecule has 0 atom stereocenters. The first-order valence-corrected chi connectivity index (χ1v) is 8.39. The van der Waals surface area contributed by atoms with E-state index in [2.05, 4.69) is 22.0 Å². The third-order valence-electron chi connectivity index (χ3n) is 3.97. The van der Waals surface area contributed by atoms with Crippen molar-refractivity contribution in [2.24, 2.45) is 0 Å². The van der Waals surface area contributed by atoms with Gasteiger partial charge < -0.3 is 9.64 Å². The molecule has 0 aromatic heterocycles. The Morgan fingerprint density at radius 3 is 2.87 bits per heavy atom. The van der Waals surface area contributed by atoms with Gasteiger partial charge in [-0.3, -0.25) is 4.79 Å². The van der Waals surface area contributed by atoms with Gasteiger partial charge >= 0.3 is 0 Å². The minimum Gasteiger partial charge on any atom is -0.496 e. The fourth-order valence-electron chi connectivity index (χ4n) is 2.81. The fraction of sp³-hybridized carbons (Fsp3) is 0.211. The Hall–Kier alpha value is -2.07. The van der Waals surface area contributed by atoms with Gasteiger partial charge in [-0.1, -0.05) is 24.3 Å². The van der Waals surface area contributed by atoms with Crippen LogP contribution >= 0.6 is 15.9 Å². The number of benzene rings is 2. The number of halogens is 1. The van der Waals surface area contributed by atoms with Gasteiger partial charge in [0.2, 0.25) is 0 Å². The summed E-state index contributed by atoms with van der Waals surface area (Å²) in [5.41, 5.74) is 3.23. The van der Waals surface area contributed by atoms with Gasteiger partial charge in [0.25, 0.3) is 5.91 Å². The quantitative estimate of drug-likeness (QED) is 0.745. The second-order valence-corrected chi connectivity index (χ2v) is 6.30. The Kier molecular flexibility index (Phi) is 4.82. The molecular weight excluding hydrogens is 354 g/mol. The molecule has 0 bridgehead atoms. The molecule has 1 heterocycles. The normalized spacial score (nSPS) is 13.9. The van der Waals surface area contributed by atoms with E-state index in [-0.39, 0.29) is 5.91 Å². The number of fused-ring (bicyclic) bond motifs is 1.